The summed E-state index contributed by atoms with van der Waals surface area (Å²) in [6, 6.07) is 6.97. The Kier molecular flexibility index (Phi) is 3.03. The normalized spacial score (nSPS) is 17.1. The van der Waals surface area contributed by atoms with Crippen molar-refractivity contribution < 1.29 is 4.39 Å². The molecule has 1 atom stereocenters. The molecule has 1 aliphatic rings. The van der Waals surface area contributed by atoms with Gasteiger partial charge in [-0.1, -0.05) is 6.07 Å². The van der Waals surface area contributed by atoms with Gasteiger partial charge < -0.3 is 0 Å². The van der Waals surface area contributed by atoms with Gasteiger partial charge in [-0.15, -0.1) is 0 Å². The van der Waals surface area contributed by atoms with Crippen LogP contribution in [0.3, 0.4) is 0 Å². The third kappa shape index (κ3) is 2.55. The van der Waals surface area contributed by atoms with E-state index in [-0.39, 0.29) is 11.9 Å². The molecule has 0 bridgehead atoms. The van der Waals surface area contributed by atoms with E-state index in [1.54, 1.807) is 12.1 Å². The van der Waals surface area contributed by atoms with Gasteiger partial charge in [-0.3, -0.25) is 5.32 Å². The van der Waals surface area contributed by atoms with Gasteiger partial charge >= 0.3 is 0 Å². The molecule has 0 radical (unpaired) electrons. The minimum atomic E-state index is -0.339. The zero-order valence-corrected chi connectivity index (χ0v) is 9.59. The molecule has 0 amide bonds. The topological polar surface area (TPSA) is 35.8 Å². The number of rotatable bonds is 3. The molecule has 4 heteroatoms. The van der Waals surface area contributed by atoms with Gasteiger partial charge in [-0.25, -0.2) is 4.39 Å². The summed E-state index contributed by atoms with van der Waals surface area (Å²) < 4.78 is 13.4. The first-order valence-corrected chi connectivity index (χ1v) is 5.60. The molecule has 1 aromatic carbocycles. The molecule has 78 valence electrons. The van der Waals surface area contributed by atoms with Crippen LogP contribution < -0.4 is 5.32 Å². The van der Waals surface area contributed by atoms with Crippen molar-refractivity contribution in [1.29, 1.82) is 5.26 Å². The van der Waals surface area contributed by atoms with E-state index in [1.807, 2.05) is 0 Å². The van der Waals surface area contributed by atoms with Crippen molar-refractivity contribution in [1.82, 2.24) is 5.32 Å². The van der Waals surface area contributed by atoms with Gasteiger partial charge in [0.25, 0.3) is 0 Å². The second-order valence-corrected chi connectivity index (χ2v) is 4.53. The van der Waals surface area contributed by atoms with Gasteiger partial charge in [-0.2, -0.15) is 5.26 Å². The Labute approximate surface area is 96.2 Å². The van der Waals surface area contributed by atoms with E-state index in [2.05, 4.69) is 27.3 Å². The number of nitrogens with zero attached hydrogens (tertiary/aromatic N) is 1. The zero-order chi connectivity index (χ0) is 10.8. The number of hydrogen-bond acceptors (Lipinski definition) is 2. The molecule has 0 spiro atoms. The van der Waals surface area contributed by atoms with Gasteiger partial charge in [0.05, 0.1) is 10.5 Å². The summed E-state index contributed by atoms with van der Waals surface area (Å²) in [5.41, 5.74) is 0.803. The second-order valence-electron chi connectivity index (χ2n) is 3.68. The molecular formula is C11H10BrFN2. The van der Waals surface area contributed by atoms with Crippen LogP contribution in [0, 0.1) is 17.1 Å². The smallest absolute Gasteiger partial charge is 0.137 e. The average Bonchev–Trinajstić information content (AvgIpc) is 3.02. The maximum absolute atomic E-state index is 13.0. The number of nitriles is 1. The SMILES string of the molecule is N#CC(NC1CC1)c1ccc(F)c(Br)c1. The predicted molar refractivity (Wildman–Crippen MR) is 58.6 cm³/mol. The highest BCUT2D eigenvalue weighted by Gasteiger charge is 2.25. The fourth-order valence-electron chi connectivity index (χ4n) is 1.39. The van der Waals surface area contributed by atoms with Gasteiger partial charge in [0.1, 0.15) is 11.9 Å². The van der Waals surface area contributed by atoms with Crippen molar-refractivity contribution >= 4 is 15.9 Å². The van der Waals surface area contributed by atoms with Crippen LogP contribution in [-0.2, 0) is 0 Å². The maximum Gasteiger partial charge on any atom is 0.137 e. The van der Waals surface area contributed by atoms with Crippen LogP contribution in [0.15, 0.2) is 22.7 Å². The molecule has 0 aliphatic heterocycles. The lowest BCUT2D eigenvalue weighted by Crippen LogP contribution is -2.22. The third-order valence-electron chi connectivity index (χ3n) is 2.39. The number of halogens is 2. The van der Waals surface area contributed by atoms with Crippen LogP contribution in [0.2, 0.25) is 0 Å². The summed E-state index contributed by atoms with van der Waals surface area (Å²) in [5.74, 6) is -0.304. The summed E-state index contributed by atoms with van der Waals surface area (Å²) in [6.07, 6.45) is 2.25. The van der Waals surface area contributed by atoms with Gasteiger partial charge in [-0.05, 0) is 46.5 Å². The van der Waals surface area contributed by atoms with Crippen LogP contribution in [0.4, 0.5) is 4.39 Å². The monoisotopic (exact) mass is 268 g/mol. The Bertz CT molecular complexity index is 410. The highest BCUT2D eigenvalue weighted by atomic mass is 79.9. The van der Waals surface area contributed by atoms with E-state index in [9.17, 15) is 4.39 Å². The first-order valence-electron chi connectivity index (χ1n) is 4.81. The zero-order valence-electron chi connectivity index (χ0n) is 8.00. The molecule has 1 fully saturated rings. The van der Waals surface area contributed by atoms with Crippen LogP contribution in [0.1, 0.15) is 24.4 Å². The number of hydrogen-bond donors (Lipinski definition) is 1. The van der Waals surface area contributed by atoms with Crippen molar-refractivity contribution in [2.45, 2.75) is 24.9 Å². The Morgan fingerprint density at radius 2 is 2.27 bits per heavy atom. The molecule has 1 N–H and O–H groups in total. The molecule has 1 unspecified atom stereocenters. The number of nitrogens with one attached hydrogen (secondary N) is 1. The highest BCUT2D eigenvalue weighted by molar-refractivity contribution is 9.10. The molecule has 2 nitrogen and oxygen atoms in total. The Morgan fingerprint density at radius 1 is 1.53 bits per heavy atom. The van der Waals surface area contributed by atoms with Crippen molar-refractivity contribution in [3.05, 3.63) is 34.1 Å². The van der Waals surface area contributed by atoms with E-state index in [0.29, 0.717) is 10.5 Å². The lowest BCUT2D eigenvalue weighted by atomic mass is 10.1. The molecule has 2 rings (SSSR count). The van der Waals surface area contributed by atoms with Gasteiger partial charge in [0, 0.05) is 6.04 Å². The van der Waals surface area contributed by atoms with Gasteiger partial charge in [0.15, 0.2) is 0 Å². The molecule has 0 heterocycles. The molecule has 1 aliphatic carbocycles. The van der Waals surface area contributed by atoms with Crippen molar-refractivity contribution in [3.8, 4) is 6.07 Å². The van der Waals surface area contributed by atoms with Crippen molar-refractivity contribution in [2.24, 2.45) is 0 Å². The Morgan fingerprint density at radius 3 is 2.80 bits per heavy atom. The lowest BCUT2D eigenvalue weighted by Gasteiger charge is -2.11. The molecule has 1 aromatic rings. The summed E-state index contributed by atoms with van der Waals surface area (Å²) in [7, 11) is 0. The van der Waals surface area contributed by atoms with Crippen LogP contribution in [0.5, 0.6) is 0 Å². The third-order valence-corrected chi connectivity index (χ3v) is 2.99. The van der Waals surface area contributed by atoms with E-state index < -0.39 is 0 Å². The molecule has 0 saturated heterocycles. The highest BCUT2D eigenvalue weighted by Crippen LogP contribution is 2.26. The fourth-order valence-corrected chi connectivity index (χ4v) is 1.78. The van der Waals surface area contributed by atoms with E-state index >= 15 is 0 Å². The summed E-state index contributed by atoms with van der Waals surface area (Å²) in [5, 5.41) is 12.2. The minimum Gasteiger partial charge on any atom is -0.295 e. The van der Waals surface area contributed by atoms with Crippen LogP contribution in [-0.4, -0.2) is 6.04 Å². The fraction of sp³-hybridized carbons (Fsp3) is 0.364. The van der Waals surface area contributed by atoms with E-state index in [1.165, 1.54) is 6.07 Å². The average molecular weight is 269 g/mol. The summed E-state index contributed by atoms with van der Waals surface area (Å²) in [6.45, 7) is 0. The predicted octanol–water partition coefficient (Wildman–Crippen LogP) is 2.90. The van der Waals surface area contributed by atoms with Crippen LogP contribution in [0.25, 0.3) is 0 Å². The molecule has 15 heavy (non-hydrogen) atoms. The number of benzene rings is 1. The second kappa shape index (κ2) is 4.30. The van der Waals surface area contributed by atoms with Gasteiger partial charge in [0.2, 0.25) is 0 Å². The minimum absolute atomic E-state index is 0.304. The summed E-state index contributed by atoms with van der Waals surface area (Å²) >= 11 is 3.11. The Hall–Kier alpha value is -0.920. The summed E-state index contributed by atoms with van der Waals surface area (Å²) in [4.78, 5) is 0. The van der Waals surface area contributed by atoms with Crippen molar-refractivity contribution in [2.75, 3.05) is 0 Å². The quantitative estimate of drug-likeness (QED) is 0.915. The van der Waals surface area contributed by atoms with E-state index in [4.69, 9.17) is 5.26 Å². The van der Waals surface area contributed by atoms with Crippen molar-refractivity contribution in [3.63, 3.8) is 0 Å². The van der Waals surface area contributed by atoms with Crippen LogP contribution >= 0.6 is 15.9 Å². The molecule has 0 aromatic heterocycles. The largest absolute Gasteiger partial charge is 0.295 e. The molecule has 1 saturated carbocycles. The van der Waals surface area contributed by atoms with E-state index in [0.717, 1.165) is 18.4 Å². The Balaban J connectivity index is 2.18. The maximum atomic E-state index is 13.0. The first kappa shape index (κ1) is 10.6. The first-order chi connectivity index (χ1) is 7.20. The molecular weight excluding hydrogens is 259 g/mol. The lowest BCUT2D eigenvalue weighted by molar-refractivity contribution is 0.607. The standard InChI is InChI=1S/C11H10BrFN2/c12-9-5-7(1-4-10(9)13)11(6-14)15-8-2-3-8/h1,4-5,8,11,15H,2-3H2.